The first-order valence-electron chi connectivity index (χ1n) is 9.93. The first-order valence-corrected chi connectivity index (χ1v) is 9.93. The number of furan rings is 1. The third-order valence-corrected chi connectivity index (χ3v) is 4.92. The number of rotatable bonds is 8. The minimum absolute atomic E-state index is 0.0347. The number of esters is 1. The van der Waals surface area contributed by atoms with Crippen LogP contribution in [0.25, 0.3) is 11.0 Å². The largest absolute Gasteiger partial charge is 0.497 e. The number of nitrogens with one attached hydrogen (secondary N) is 2. The summed E-state index contributed by atoms with van der Waals surface area (Å²) in [5.41, 5.74) is 2.00. The molecule has 4 rings (SSSR count). The molecule has 1 aromatic heterocycles. The molecule has 0 unspecified atom stereocenters. The van der Waals surface area contributed by atoms with Crippen molar-refractivity contribution in [1.29, 1.82) is 0 Å². The maximum absolute atomic E-state index is 12.3. The molecule has 2 N–H and O–H groups in total. The summed E-state index contributed by atoms with van der Waals surface area (Å²) in [7, 11) is 1.56. The molecule has 2 aromatic carbocycles. The van der Waals surface area contributed by atoms with Gasteiger partial charge in [0, 0.05) is 23.1 Å². The molecule has 2 amide bonds. The van der Waals surface area contributed by atoms with Crippen LogP contribution < -0.4 is 15.4 Å². The monoisotopic (exact) mass is 422 g/mol. The number of amides is 2. The van der Waals surface area contributed by atoms with Crippen molar-refractivity contribution in [3.8, 4) is 5.75 Å². The average Bonchev–Trinajstić information content (AvgIpc) is 3.51. The lowest BCUT2D eigenvalue weighted by Crippen LogP contribution is -2.28. The van der Waals surface area contributed by atoms with Crippen LogP contribution in [0, 0.1) is 0 Å². The fourth-order valence-corrected chi connectivity index (χ4v) is 3.15. The molecule has 3 aromatic rings. The van der Waals surface area contributed by atoms with Crippen molar-refractivity contribution in [3.05, 3.63) is 59.9 Å². The van der Waals surface area contributed by atoms with E-state index in [1.165, 1.54) is 6.26 Å². The second-order valence-corrected chi connectivity index (χ2v) is 7.30. The number of methoxy groups -OCH3 is 1. The van der Waals surface area contributed by atoms with Crippen LogP contribution in [0.5, 0.6) is 5.75 Å². The van der Waals surface area contributed by atoms with E-state index < -0.39 is 18.5 Å². The van der Waals surface area contributed by atoms with Gasteiger partial charge in [-0.2, -0.15) is 0 Å². The van der Waals surface area contributed by atoms with Gasteiger partial charge < -0.3 is 24.5 Å². The molecular weight excluding hydrogens is 400 g/mol. The second kappa shape index (κ2) is 8.91. The molecule has 0 radical (unpaired) electrons. The van der Waals surface area contributed by atoms with E-state index in [1.54, 1.807) is 49.6 Å². The van der Waals surface area contributed by atoms with Gasteiger partial charge in [-0.15, -0.1) is 0 Å². The lowest BCUT2D eigenvalue weighted by Gasteiger charge is -2.11. The number of anilines is 1. The molecule has 8 heteroatoms. The van der Waals surface area contributed by atoms with Gasteiger partial charge in [0.15, 0.2) is 6.61 Å². The maximum Gasteiger partial charge on any atom is 0.310 e. The topological polar surface area (TPSA) is 107 Å². The van der Waals surface area contributed by atoms with Crippen molar-refractivity contribution in [2.45, 2.75) is 25.3 Å². The van der Waals surface area contributed by atoms with Gasteiger partial charge in [0.25, 0.3) is 11.8 Å². The van der Waals surface area contributed by atoms with Crippen molar-refractivity contribution in [2.24, 2.45) is 0 Å². The number of fused-ring (bicyclic) bond motifs is 1. The Morgan fingerprint density at radius 3 is 2.71 bits per heavy atom. The zero-order valence-electron chi connectivity index (χ0n) is 17.0. The van der Waals surface area contributed by atoms with Gasteiger partial charge in [0.1, 0.15) is 11.3 Å². The zero-order chi connectivity index (χ0) is 21.8. The number of para-hydroxylation sites is 1. The Kier molecular flexibility index (Phi) is 5.88. The zero-order valence-corrected chi connectivity index (χ0v) is 17.0. The molecule has 0 atom stereocenters. The van der Waals surface area contributed by atoms with Crippen molar-refractivity contribution in [3.63, 3.8) is 0 Å². The Balaban J connectivity index is 1.32. The van der Waals surface area contributed by atoms with Crippen molar-refractivity contribution >= 4 is 34.4 Å². The molecule has 160 valence electrons. The number of hydrogen-bond donors (Lipinski definition) is 2. The van der Waals surface area contributed by atoms with Gasteiger partial charge in [-0.25, -0.2) is 0 Å². The van der Waals surface area contributed by atoms with Crippen LogP contribution >= 0.6 is 0 Å². The first kappa shape index (κ1) is 20.5. The fourth-order valence-electron chi connectivity index (χ4n) is 3.15. The van der Waals surface area contributed by atoms with Gasteiger partial charge in [-0.3, -0.25) is 14.4 Å². The van der Waals surface area contributed by atoms with Gasteiger partial charge >= 0.3 is 5.97 Å². The third-order valence-electron chi connectivity index (χ3n) is 4.92. The predicted molar refractivity (Wildman–Crippen MR) is 113 cm³/mol. The molecule has 1 saturated carbocycles. The molecule has 0 spiro atoms. The van der Waals surface area contributed by atoms with Crippen LogP contribution in [0.3, 0.4) is 0 Å². The van der Waals surface area contributed by atoms with Crippen LogP contribution in [0.4, 0.5) is 5.69 Å². The van der Waals surface area contributed by atoms with Crippen molar-refractivity contribution < 1.29 is 28.3 Å². The molecule has 0 aliphatic heterocycles. The molecule has 8 nitrogen and oxygen atoms in total. The summed E-state index contributed by atoms with van der Waals surface area (Å²) in [6.07, 6.45) is 3.39. The molecule has 1 aliphatic rings. The number of hydrogen-bond acceptors (Lipinski definition) is 6. The molecule has 0 bridgehead atoms. The quantitative estimate of drug-likeness (QED) is 0.541. The summed E-state index contributed by atoms with van der Waals surface area (Å²) in [6, 6.07) is 12.2. The third kappa shape index (κ3) is 5.03. The summed E-state index contributed by atoms with van der Waals surface area (Å²) < 4.78 is 15.7. The Morgan fingerprint density at radius 2 is 1.94 bits per heavy atom. The SMILES string of the molecule is COc1ccc2c(CC(=O)OCC(=O)Nc3ccccc3C(=O)NC3CC3)coc2c1. The highest BCUT2D eigenvalue weighted by atomic mass is 16.5. The summed E-state index contributed by atoms with van der Waals surface area (Å²) >= 11 is 0. The van der Waals surface area contributed by atoms with E-state index in [0.717, 1.165) is 18.2 Å². The molecule has 1 fully saturated rings. The predicted octanol–water partition coefficient (Wildman–Crippen LogP) is 3.06. The minimum Gasteiger partial charge on any atom is -0.497 e. The fraction of sp³-hybridized carbons (Fsp3) is 0.261. The number of carbonyl (C=O) groups excluding carboxylic acids is 3. The Morgan fingerprint density at radius 1 is 1.13 bits per heavy atom. The van der Waals surface area contributed by atoms with E-state index in [1.807, 2.05) is 0 Å². The number of carbonyl (C=O) groups is 3. The minimum atomic E-state index is -0.562. The van der Waals surface area contributed by atoms with Crippen LogP contribution in [-0.4, -0.2) is 37.5 Å². The van der Waals surface area contributed by atoms with E-state index in [0.29, 0.717) is 28.1 Å². The molecule has 0 saturated heterocycles. The number of ether oxygens (including phenoxy) is 2. The van der Waals surface area contributed by atoms with Crippen LogP contribution in [0.1, 0.15) is 28.8 Å². The Hall–Kier alpha value is -3.81. The molecule has 1 aliphatic carbocycles. The van der Waals surface area contributed by atoms with E-state index in [4.69, 9.17) is 13.9 Å². The van der Waals surface area contributed by atoms with E-state index >= 15 is 0 Å². The molecule has 1 heterocycles. The highest BCUT2D eigenvalue weighted by Gasteiger charge is 2.25. The van der Waals surface area contributed by atoms with Gasteiger partial charge in [0.2, 0.25) is 0 Å². The van der Waals surface area contributed by atoms with Gasteiger partial charge in [-0.1, -0.05) is 12.1 Å². The standard InChI is InChI=1S/C23H22N2O6/c1-29-16-8-9-17-14(12-30-20(17)11-16)10-22(27)31-13-21(26)25-19-5-3-2-4-18(19)23(28)24-15-6-7-15/h2-5,8-9,11-12,15H,6-7,10,13H2,1H3,(H,24,28)(H,25,26). The summed E-state index contributed by atoms with van der Waals surface area (Å²) in [5.74, 6) is -0.673. The highest BCUT2D eigenvalue weighted by molar-refractivity contribution is 6.04. The van der Waals surface area contributed by atoms with Crippen molar-refractivity contribution in [2.75, 3.05) is 19.0 Å². The van der Waals surface area contributed by atoms with E-state index in [9.17, 15) is 14.4 Å². The summed E-state index contributed by atoms with van der Waals surface area (Å²) in [4.78, 5) is 36.8. The lowest BCUT2D eigenvalue weighted by molar-refractivity contribution is -0.146. The molecular formula is C23H22N2O6. The smallest absolute Gasteiger partial charge is 0.310 e. The Bertz CT molecular complexity index is 1130. The summed E-state index contributed by atoms with van der Waals surface area (Å²) in [5, 5.41) is 6.30. The average molecular weight is 422 g/mol. The Labute approximate surface area is 178 Å². The van der Waals surface area contributed by atoms with Crippen LogP contribution in [0.15, 0.2) is 53.1 Å². The first-order chi connectivity index (χ1) is 15.0. The molecule has 31 heavy (non-hydrogen) atoms. The number of benzene rings is 2. The highest BCUT2D eigenvalue weighted by Crippen LogP contribution is 2.26. The summed E-state index contributed by atoms with van der Waals surface area (Å²) in [6.45, 7) is -0.457. The van der Waals surface area contributed by atoms with Crippen LogP contribution in [-0.2, 0) is 20.7 Å². The van der Waals surface area contributed by atoms with Crippen LogP contribution in [0.2, 0.25) is 0 Å². The van der Waals surface area contributed by atoms with Gasteiger partial charge in [0.05, 0.1) is 31.0 Å². The second-order valence-electron chi connectivity index (χ2n) is 7.30. The maximum atomic E-state index is 12.3. The van der Waals surface area contributed by atoms with Gasteiger partial charge in [-0.05, 0) is 37.1 Å². The lowest BCUT2D eigenvalue weighted by atomic mass is 10.1. The van der Waals surface area contributed by atoms with E-state index in [2.05, 4.69) is 10.6 Å². The normalized spacial score (nSPS) is 12.9. The van der Waals surface area contributed by atoms with E-state index in [-0.39, 0.29) is 18.4 Å². The van der Waals surface area contributed by atoms with Crippen molar-refractivity contribution in [1.82, 2.24) is 5.32 Å².